The Kier molecular flexibility index (Phi) is 7.42. The molecule has 0 saturated carbocycles. The van der Waals surface area contributed by atoms with Crippen molar-refractivity contribution in [2.75, 3.05) is 26.9 Å². The molecular weight excluding hydrogens is 303 g/mol. The van der Waals surface area contributed by atoms with Crippen LogP contribution in [0.5, 0.6) is 0 Å². The average Bonchev–Trinajstić information content (AvgIpc) is 2.33. The Hall–Kier alpha value is -0.490. The first-order valence-corrected chi connectivity index (χ1v) is 6.61. The Morgan fingerprint density at radius 3 is 2.83 bits per heavy atom. The predicted octanol–water partition coefficient (Wildman–Crippen LogP) is 2.54. The summed E-state index contributed by atoms with van der Waals surface area (Å²) in [5.41, 5.74) is 0.763. The van der Waals surface area contributed by atoms with E-state index in [1.54, 1.807) is 13.2 Å². The van der Waals surface area contributed by atoms with Crippen molar-refractivity contribution in [1.29, 1.82) is 0 Å². The van der Waals surface area contributed by atoms with Gasteiger partial charge in [-0.2, -0.15) is 0 Å². The molecule has 0 aliphatic carbocycles. The van der Waals surface area contributed by atoms with Crippen LogP contribution >= 0.6 is 15.9 Å². The number of methoxy groups -OCH3 is 1. The van der Waals surface area contributed by atoms with Crippen LogP contribution in [0.3, 0.4) is 0 Å². The van der Waals surface area contributed by atoms with Crippen molar-refractivity contribution in [3.63, 3.8) is 0 Å². The average molecular weight is 321 g/mol. The Labute approximate surface area is 115 Å². The van der Waals surface area contributed by atoms with E-state index in [0.29, 0.717) is 32.7 Å². The largest absolute Gasteiger partial charge is 0.393 e. The predicted molar refractivity (Wildman–Crippen MR) is 71.1 cm³/mol. The molecule has 0 aliphatic heterocycles. The second-order valence-electron chi connectivity index (χ2n) is 3.99. The van der Waals surface area contributed by atoms with Gasteiger partial charge in [-0.25, -0.2) is 4.39 Å². The van der Waals surface area contributed by atoms with E-state index in [1.807, 2.05) is 0 Å². The first kappa shape index (κ1) is 15.6. The highest BCUT2D eigenvalue weighted by Gasteiger charge is 2.09. The number of ether oxygens (including phenoxy) is 2. The number of halogens is 2. The van der Waals surface area contributed by atoms with Crippen LogP contribution in [0.2, 0.25) is 0 Å². The van der Waals surface area contributed by atoms with Gasteiger partial charge in [-0.3, -0.25) is 0 Å². The first-order valence-electron chi connectivity index (χ1n) is 5.82. The van der Waals surface area contributed by atoms with Crippen LogP contribution in [0.1, 0.15) is 12.0 Å². The molecule has 0 bridgehead atoms. The molecule has 0 saturated heterocycles. The fourth-order valence-electron chi connectivity index (χ4n) is 1.52. The summed E-state index contributed by atoms with van der Waals surface area (Å²) in [5, 5.41) is 9.82. The molecule has 0 aromatic heterocycles. The van der Waals surface area contributed by atoms with Crippen LogP contribution in [-0.2, 0) is 15.9 Å². The van der Waals surface area contributed by atoms with Gasteiger partial charge in [0.15, 0.2) is 0 Å². The Bertz CT molecular complexity index is 360. The normalized spacial score (nSPS) is 12.7. The molecule has 1 rings (SSSR count). The molecule has 1 aromatic rings. The van der Waals surface area contributed by atoms with Gasteiger partial charge in [0.25, 0.3) is 0 Å². The van der Waals surface area contributed by atoms with E-state index in [0.717, 1.165) is 10.0 Å². The fourth-order valence-corrected chi connectivity index (χ4v) is 1.93. The van der Waals surface area contributed by atoms with Gasteiger partial charge in [0.05, 0.1) is 19.3 Å². The lowest BCUT2D eigenvalue weighted by molar-refractivity contribution is 0.0478. The lowest BCUT2D eigenvalue weighted by atomic mass is 10.1. The van der Waals surface area contributed by atoms with Gasteiger partial charge < -0.3 is 14.6 Å². The van der Waals surface area contributed by atoms with Crippen molar-refractivity contribution in [1.82, 2.24) is 0 Å². The van der Waals surface area contributed by atoms with Crippen LogP contribution in [0, 0.1) is 5.82 Å². The minimum absolute atomic E-state index is 0.295. The molecule has 0 heterocycles. The summed E-state index contributed by atoms with van der Waals surface area (Å²) in [6, 6.07) is 4.46. The van der Waals surface area contributed by atoms with Gasteiger partial charge in [-0.15, -0.1) is 0 Å². The molecule has 1 unspecified atom stereocenters. The number of benzene rings is 1. The lowest BCUT2D eigenvalue weighted by Crippen LogP contribution is -2.15. The van der Waals surface area contributed by atoms with E-state index in [4.69, 9.17) is 9.47 Å². The van der Waals surface area contributed by atoms with E-state index in [1.165, 1.54) is 12.1 Å². The third-order valence-electron chi connectivity index (χ3n) is 2.49. The third-order valence-corrected chi connectivity index (χ3v) is 3.26. The van der Waals surface area contributed by atoms with Crippen molar-refractivity contribution in [2.45, 2.75) is 18.9 Å². The summed E-state index contributed by atoms with van der Waals surface area (Å²) in [4.78, 5) is 0. The molecule has 0 fully saturated rings. The number of hydrogen-bond donors (Lipinski definition) is 1. The zero-order valence-corrected chi connectivity index (χ0v) is 12.0. The summed E-state index contributed by atoms with van der Waals surface area (Å²) in [5.74, 6) is -0.295. The molecule has 3 nitrogen and oxygen atoms in total. The van der Waals surface area contributed by atoms with Crippen molar-refractivity contribution < 1.29 is 19.0 Å². The number of aliphatic hydroxyl groups is 1. The van der Waals surface area contributed by atoms with Gasteiger partial charge in [0.2, 0.25) is 0 Å². The highest BCUT2D eigenvalue weighted by molar-refractivity contribution is 9.10. The third kappa shape index (κ3) is 5.91. The quantitative estimate of drug-likeness (QED) is 0.748. The summed E-state index contributed by atoms with van der Waals surface area (Å²) < 4.78 is 24.0. The molecule has 0 spiro atoms. The monoisotopic (exact) mass is 320 g/mol. The number of rotatable bonds is 8. The molecule has 1 aromatic carbocycles. The zero-order valence-electron chi connectivity index (χ0n) is 10.4. The minimum atomic E-state index is -0.536. The van der Waals surface area contributed by atoms with Crippen molar-refractivity contribution in [3.05, 3.63) is 34.1 Å². The summed E-state index contributed by atoms with van der Waals surface area (Å²) >= 11 is 3.34. The smallest absolute Gasteiger partial charge is 0.123 e. The number of hydrogen-bond acceptors (Lipinski definition) is 3. The van der Waals surface area contributed by atoms with Crippen LogP contribution < -0.4 is 0 Å². The second-order valence-corrected chi connectivity index (χ2v) is 4.84. The van der Waals surface area contributed by atoms with Crippen LogP contribution in [-0.4, -0.2) is 38.1 Å². The van der Waals surface area contributed by atoms with Gasteiger partial charge >= 0.3 is 0 Å². The van der Waals surface area contributed by atoms with Crippen LogP contribution in [0.4, 0.5) is 4.39 Å². The molecule has 0 amide bonds. The van der Waals surface area contributed by atoms with Gasteiger partial charge in [-0.05, 0) is 36.6 Å². The van der Waals surface area contributed by atoms with Crippen LogP contribution in [0.15, 0.2) is 22.7 Å². The minimum Gasteiger partial charge on any atom is -0.393 e. The molecule has 0 aliphatic rings. The number of aliphatic hydroxyl groups excluding tert-OH is 1. The standard InChI is InChI=1S/C13H18BrFO3/c1-17-6-7-18-5-4-12(16)9-10-8-11(15)2-3-13(10)14/h2-3,8,12,16H,4-7,9H2,1H3. The van der Waals surface area contributed by atoms with Gasteiger partial charge in [-0.1, -0.05) is 15.9 Å². The summed E-state index contributed by atoms with van der Waals surface area (Å²) in [7, 11) is 1.61. The van der Waals surface area contributed by atoms with Gasteiger partial charge in [0, 0.05) is 18.2 Å². The summed E-state index contributed by atoms with van der Waals surface area (Å²) in [6.45, 7) is 1.54. The maximum Gasteiger partial charge on any atom is 0.123 e. The molecule has 102 valence electrons. The van der Waals surface area contributed by atoms with E-state index in [-0.39, 0.29) is 5.82 Å². The van der Waals surface area contributed by atoms with E-state index in [9.17, 15) is 9.50 Å². The maximum absolute atomic E-state index is 13.0. The summed E-state index contributed by atoms with van der Waals surface area (Å²) in [6.07, 6.45) is 0.393. The van der Waals surface area contributed by atoms with Crippen LogP contribution in [0.25, 0.3) is 0 Å². The molecule has 1 atom stereocenters. The van der Waals surface area contributed by atoms with Crippen molar-refractivity contribution in [3.8, 4) is 0 Å². The highest BCUT2D eigenvalue weighted by atomic mass is 79.9. The molecule has 5 heteroatoms. The Morgan fingerprint density at radius 2 is 2.11 bits per heavy atom. The lowest BCUT2D eigenvalue weighted by Gasteiger charge is -2.12. The van der Waals surface area contributed by atoms with Gasteiger partial charge in [0.1, 0.15) is 5.82 Å². The Balaban J connectivity index is 2.30. The van der Waals surface area contributed by atoms with Crippen molar-refractivity contribution in [2.24, 2.45) is 0 Å². The highest BCUT2D eigenvalue weighted by Crippen LogP contribution is 2.20. The Morgan fingerprint density at radius 1 is 1.33 bits per heavy atom. The fraction of sp³-hybridized carbons (Fsp3) is 0.538. The zero-order chi connectivity index (χ0) is 13.4. The van der Waals surface area contributed by atoms with Crippen molar-refractivity contribution >= 4 is 15.9 Å². The van der Waals surface area contributed by atoms with E-state index < -0.39 is 6.10 Å². The molecule has 1 N–H and O–H groups in total. The topological polar surface area (TPSA) is 38.7 Å². The van der Waals surface area contributed by atoms with E-state index >= 15 is 0 Å². The van der Waals surface area contributed by atoms with E-state index in [2.05, 4.69) is 15.9 Å². The molecular formula is C13H18BrFO3. The maximum atomic E-state index is 13.0. The SMILES string of the molecule is COCCOCCC(O)Cc1cc(F)ccc1Br. The first-order chi connectivity index (χ1) is 8.63. The molecule has 0 radical (unpaired) electrons. The second kappa shape index (κ2) is 8.58. The molecule has 18 heavy (non-hydrogen) atoms.